The molecule has 0 radical (unpaired) electrons. The van der Waals surface area contributed by atoms with Gasteiger partial charge in [0.25, 0.3) is 10.0 Å². The van der Waals surface area contributed by atoms with Crippen LogP contribution >= 0.6 is 15.9 Å². The second kappa shape index (κ2) is 7.70. The maximum atomic E-state index is 13.5. The zero-order chi connectivity index (χ0) is 18.9. The molecule has 1 aliphatic heterocycles. The number of benzene rings is 1. The Hall–Kier alpha value is -1.38. The van der Waals surface area contributed by atoms with Crippen molar-refractivity contribution in [1.29, 1.82) is 0 Å². The van der Waals surface area contributed by atoms with Crippen LogP contribution in [0.5, 0.6) is 0 Å². The van der Waals surface area contributed by atoms with Crippen molar-refractivity contribution in [2.75, 3.05) is 24.4 Å². The standard InChI is InChI=1S/C18H25BrN4O2S/c1-14(2)22-12-18(20-13-22)26(24,25)23(16-6-4-15(19)5-7-16)17-8-10-21(3)11-9-17/h4-7,12-14,17H,8-11H2,1-3H3. The largest absolute Gasteiger partial charge is 0.334 e. The minimum atomic E-state index is -3.73. The number of nitrogens with zero attached hydrogens (tertiary/aromatic N) is 4. The minimum absolute atomic E-state index is 0.0680. The van der Waals surface area contributed by atoms with Gasteiger partial charge in [-0.25, -0.2) is 4.98 Å². The van der Waals surface area contributed by atoms with Crippen LogP contribution in [0.4, 0.5) is 5.69 Å². The predicted octanol–water partition coefficient (Wildman–Crippen LogP) is 3.52. The molecule has 6 nitrogen and oxygen atoms in total. The molecule has 2 heterocycles. The van der Waals surface area contributed by atoms with Gasteiger partial charge in [-0.1, -0.05) is 15.9 Å². The van der Waals surface area contributed by atoms with E-state index in [2.05, 4.69) is 32.9 Å². The molecule has 0 aliphatic carbocycles. The van der Waals surface area contributed by atoms with E-state index in [0.717, 1.165) is 30.4 Å². The Kier molecular flexibility index (Phi) is 5.74. The molecule has 142 valence electrons. The number of aromatic nitrogens is 2. The fourth-order valence-electron chi connectivity index (χ4n) is 3.20. The van der Waals surface area contributed by atoms with Gasteiger partial charge in [-0.05, 0) is 71.1 Å². The second-order valence-corrected chi connectivity index (χ2v) is 9.74. The van der Waals surface area contributed by atoms with E-state index in [-0.39, 0.29) is 17.1 Å². The molecule has 2 aromatic rings. The van der Waals surface area contributed by atoms with E-state index in [1.54, 1.807) is 16.8 Å². The lowest BCUT2D eigenvalue weighted by atomic mass is 10.1. The molecule has 1 aromatic carbocycles. The van der Waals surface area contributed by atoms with E-state index in [0.29, 0.717) is 5.69 Å². The third kappa shape index (κ3) is 3.97. The van der Waals surface area contributed by atoms with Crippen molar-refractivity contribution in [1.82, 2.24) is 14.5 Å². The van der Waals surface area contributed by atoms with Gasteiger partial charge in [0.05, 0.1) is 12.0 Å². The van der Waals surface area contributed by atoms with Gasteiger partial charge in [-0.15, -0.1) is 0 Å². The van der Waals surface area contributed by atoms with Gasteiger partial charge in [-0.2, -0.15) is 8.42 Å². The molecule has 0 atom stereocenters. The molecular weight excluding hydrogens is 416 g/mol. The van der Waals surface area contributed by atoms with Crippen LogP contribution in [0.3, 0.4) is 0 Å². The summed E-state index contributed by atoms with van der Waals surface area (Å²) in [5.74, 6) is 0. The molecule has 1 aromatic heterocycles. The molecular formula is C18H25BrN4O2S. The number of hydrogen-bond donors (Lipinski definition) is 0. The van der Waals surface area contributed by atoms with Crippen LogP contribution in [0.25, 0.3) is 0 Å². The monoisotopic (exact) mass is 440 g/mol. The van der Waals surface area contributed by atoms with Crippen molar-refractivity contribution in [3.63, 3.8) is 0 Å². The number of piperidine rings is 1. The van der Waals surface area contributed by atoms with Crippen LogP contribution in [0.15, 0.2) is 46.3 Å². The first-order valence-corrected chi connectivity index (χ1v) is 11.0. The Balaban J connectivity index is 2.02. The van der Waals surface area contributed by atoms with Crippen LogP contribution in [0, 0.1) is 0 Å². The third-order valence-corrected chi connectivity index (χ3v) is 7.09. The van der Waals surface area contributed by atoms with Crippen LogP contribution < -0.4 is 4.31 Å². The maximum Gasteiger partial charge on any atom is 0.283 e. The Labute approximate surface area is 164 Å². The second-order valence-electron chi connectivity index (χ2n) is 7.06. The number of likely N-dealkylation sites (tertiary alicyclic amines) is 1. The molecule has 0 N–H and O–H groups in total. The highest BCUT2D eigenvalue weighted by Gasteiger charge is 2.35. The zero-order valence-electron chi connectivity index (χ0n) is 15.3. The average molecular weight is 441 g/mol. The molecule has 1 aliphatic rings. The molecule has 0 amide bonds. The Morgan fingerprint density at radius 1 is 1.19 bits per heavy atom. The summed E-state index contributed by atoms with van der Waals surface area (Å²) in [4.78, 5) is 6.43. The number of imidazole rings is 1. The highest BCUT2D eigenvalue weighted by molar-refractivity contribution is 9.10. The van der Waals surface area contributed by atoms with Crippen LogP contribution in [-0.4, -0.2) is 49.0 Å². The fourth-order valence-corrected chi connectivity index (χ4v) is 5.10. The number of anilines is 1. The summed E-state index contributed by atoms with van der Waals surface area (Å²) in [7, 11) is -1.66. The minimum Gasteiger partial charge on any atom is -0.334 e. The van der Waals surface area contributed by atoms with Crippen LogP contribution in [0.2, 0.25) is 0 Å². The van der Waals surface area contributed by atoms with E-state index in [4.69, 9.17) is 0 Å². The molecule has 0 unspecified atom stereocenters. The lowest BCUT2D eigenvalue weighted by Gasteiger charge is -2.37. The predicted molar refractivity (Wildman–Crippen MR) is 107 cm³/mol. The highest BCUT2D eigenvalue weighted by Crippen LogP contribution is 2.31. The van der Waals surface area contributed by atoms with Gasteiger partial charge in [-0.3, -0.25) is 4.31 Å². The van der Waals surface area contributed by atoms with E-state index in [1.807, 2.05) is 42.7 Å². The first-order valence-electron chi connectivity index (χ1n) is 8.81. The quantitative estimate of drug-likeness (QED) is 0.713. The third-order valence-electron chi connectivity index (χ3n) is 4.80. The first kappa shape index (κ1) is 19.4. The van der Waals surface area contributed by atoms with Crippen molar-refractivity contribution in [3.8, 4) is 0 Å². The van der Waals surface area contributed by atoms with Gasteiger partial charge in [0.2, 0.25) is 0 Å². The van der Waals surface area contributed by atoms with Crippen molar-refractivity contribution < 1.29 is 8.42 Å². The lowest BCUT2D eigenvalue weighted by Crippen LogP contribution is -2.46. The average Bonchev–Trinajstić information content (AvgIpc) is 3.10. The topological polar surface area (TPSA) is 58.4 Å². The summed E-state index contributed by atoms with van der Waals surface area (Å²) in [5, 5.41) is 0.105. The van der Waals surface area contributed by atoms with Gasteiger partial charge in [0, 0.05) is 22.8 Å². The molecule has 8 heteroatoms. The summed E-state index contributed by atoms with van der Waals surface area (Å²) < 4.78 is 31.2. The van der Waals surface area contributed by atoms with Gasteiger partial charge >= 0.3 is 0 Å². The molecule has 26 heavy (non-hydrogen) atoms. The molecule has 3 rings (SSSR count). The van der Waals surface area contributed by atoms with Gasteiger partial charge in [0.1, 0.15) is 0 Å². The summed E-state index contributed by atoms with van der Waals surface area (Å²) in [6.45, 7) is 5.77. The molecule has 1 fully saturated rings. The normalized spacial score (nSPS) is 17.0. The van der Waals surface area contributed by atoms with Gasteiger partial charge in [0.15, 0.2) is 5.03 Å². The highest BCUT2D eigenvalue weighted by atomic mass is 79.9. The Morgan fingerprint density at radius 3 is 2.35 bits per heavy atom. The number of sulfonamides is 1. The van der Waals surface area contributed by atoms with E-state index < -0.39 is 10.0 Å². The van der Waals surface area contributed by atoms with E-state index in [9.17, 15) is 8.42 Å². The SMILES string of the molecule is CC(C)n1cnc(S(=O)(=O)N(c2ccc(Br)cc2)C2CCN(C)CC2)c1. The van der Waals surface area contributed by atoms with Crippen molar-refractivity contribution in [2.45, 2.75) is 43.8 Å². The van der Waals surface area contributed by atoms with Crippen molar-refractivity contribution in [3.05, 3.63) is 41.3 Å². The first-order chi connectivity index (χ1) is 12.3. The van der Waals surface area contributed by atoms with Crippen LogP contribution in [-0.2, 0) is 10.0 Å². The van der Waals surface area contributed by atoms with E-state index in [1.165, 1.54) is 0 Å². The number of rotatable bonds is 5. The Morgan fingerprint density at radius 2 is 1.81 bits per heavy atom. The smallest absolute Gasteiger partial charge is 0.283 e. The summed E-state index contributed by atoms with van der Waals surface area (Å²) in [5.41, 5.74) is 0.682. The van der Waals surface area contributed by atoms with Crippen molar-refractivity contribution >= 4 is 31.6 Å². The zero-order valence-corrected chi connectivity index (χ0v) is 17.7. The number of hydrogen-bond acceptors (Lipinski definition) is 4. The Bertz CT molecular complexity index is 840. The van der Waals surface area contributed by atoms with E-state index >= 15 is 0 Å². The number of halogens is 1. The molecule has 0 saturated carbocycles. The summed E-state index contributed by atoms with van der Waals surface area (Å²) in [6.07, 6.45) is 4.82. The molecule has 0 bridgehead atoms. The lowest BCUT2D eigenvalue weighted by molar-refractivity contribution is 0.257. The fraction of sp³-hybridized carbons (Fsp3) is 0.500. The van der Waals surface area contributed by atoms with Crippen LogP contribution in [0.1, 0.15) is 32.7 Å². The molecule has 1 saturated heterocycles. The molecule has 0 spiro atoms. The summed E-state index contributed by atoms with van der Waals surface area (Å²) in [6, 6.07) is 7.54. The van der Waals surface area contributed by atoms with Gasteiger partial charge < -0.3 is 9.47 Å². The summed E-state index contributed by atoms with van der Waals surface area (Å²) >= 11 is 3.42. The maximum absolute atomic E-state index is 13.5. The van der Waals surface area contributed by atoms with Crippen molar-refractivity contribution in [2.24, 2.45) is 0 Å².